The lowest BCUT2D eigenvalue weighted by Crippen LogP contribution is -2.46. The van der Waals surface area contributed by atoms with E-state index < -0.39 is 0 Å². The molecule has 1 aromatic carbocycles. The van der Waals surface area contributed by atoms with Gasteiger partial charge in [0.05, 0.1) is 23.9 Å². The van der Waals surface area contributed by atoms with Crippen LogP contribution in [0.25, 0.3) is 0 Å². The monoisotopic (exact) mass is 554 g/mol. The molecule has 1 atom stereocenters. The van der Waals surface area contributed by atoms with Crippen LogP contribution < -0.4 is 16.4 Å². The third-order valence-electron chi connectivity index (χ3n) is 6.90. The molecule has 0 unspecified atom stereocenters. The highest BCUT2D eigenvalue weighted by molar-refractivity contribution is 5.89. The maximum Gasteiger partial charge on any atom is 0.220 e. The molecule has 1 fully saturated rings. The Morgan fingerprint density at radius 1 is 1.20 bits per heavy atom. The standard InChI is InChI=1S/C24H39N3O.C4H4N2O.C3H7NO/c1-17(2)21-12-13-22(18(3)15-21)26-19(4)11-14-24(28)27-23(16-25-5)20-9-7-6-8-10-20;7-2-4-1-5-3-6-4;1-2-3(4)5/h12-13,15,17,20,23,25H,6-11,14,16H2,1-5H3,(H,27,28);1-3H,(H,5,6);2H2,1H3,(H2,4,5)/t23-;;/m1../s1. The smallest absolute Gasteiger partial charge is 0.220 e. The first-order chi connectivity index (χ1) is 19.1. The molecular weight excluding hydrogens is 504 g/mol. The van der Waals surface area contributed by atoms with Crippen molar-refractivity contribution in [2.45, 2.75) is 97.9 Å². The minimum atomic E-state index is -0.245. The molecule has 222 valence electrons. The van der Waals surface area contributed by atoms with E-state index in [-0.39, 0.29) is 17.9 Å². The molecule has 0 bridgehead atoms. The fourth-order valence-corrected chi connectivity index (χ4v) is 4.42. The lowest BCUT2D eigenvalue weighted by Gasteiger charge is -2.31. The lowest BCUT2D eigenvalue weighted by atomic mass is 9.83. The molecule has 9 heteroatoms. The van der Waals surface area contributed by atoms with Crippen LogP contribution >= 0.6 is 0 Å². The maximum atomic E-state index is 12.5. The molecule has 1 aliphatic rings. The Morgan fingerprint density at radius 3 is 2.35 bits per heavy atom. The molecule has 0 spiro atoms. The summed E-state index contributed by atoms with van der Waals surface area (Å²) >= 11 is 0. The van der Waals surface area contributed by atoms with Crippen molar-refractivity contribution in [3.8, 4) is 0 Å². The summed E-state index contributed by atoms with van der Waals surface area (Å²) in [5, 5.41) is 6.53. The quantitative estimate of drug-likeness (QED) is 0.218. The molecular formula is C31H50N6O3. The maximum absolute atomic E-state index is 12.5. The molecule has 9 nitrogen and oxygen atoms in total. The van der Waals surface area contributed by atoms with Crippen LogP contribution in [0.3, 0.4) is 0 Å². The normalized spacial score (nSPS) is 14.3. The molecule has 0 radical (unpaired) electrons. The summed E-state index contributed by atoms with van der Waals surface area (Å²) in [7, 11) is 1.96. The van der Waals surface area contributed by atoms with Crippen LogP contribution in [-0.2, 0) is 9.59 Å². The molecule has 2 aromatic rings. The number of rotatable bonds is 11. The van der Waals surface area contributed by atoms with Gasteiger partial charge in [-0.3, -0.25) is 19.4 Å². The number of aliphatic imine (C=N–C) groups is 1. The second-order valence-electron chi connectivity index (χ2n) is 10.6. The summed E-state index contributed by atoms with van der Waals surface area (Å²) < 4.78 is 0. The number of aldehydes is 1. The van der Waals surface area contributed by atoms with Gasteiger partial charge in [0.15, 0.2) is 6.29 Å². The Labute approximate surface area is 240 Å². The Kier molecular flexibility index (Phi) is 17.1. The number of likely N-dealkylation sites (N-methyl/N-ethyl adjacent to an activating group) is 1. The van der Waals surface area contributed by atoms with E-state index in [0.29, 0.717) is 43.1 Å². The van der Waals surface area contributed by atoms with Crippen LogP contribution in [0, 0.1) is 12.8 Å². The number of H-pyrrole nitrogens is 1. The Morgan fingerprint density at radius 2 is 1.88 bits per heavy atom. The molecule has 5 N–H and O–H groups in total. The van der Waals surface area contributed by atoms with Gasteiger partial charge in [-0.25, -0.2) is 4.98 Å². The summed E-state index contributed by atoms with van der Waals surface area (Å²) in [5.41, 5.74) is 9.73. The number of aromatic nitrogens is 2. The van der Waals surface area contributed by atoms with E-state index >= 15 is 0 Å². The number of hydrogen-bond acceptors (Lipinski definition) is 6. The van der Waals surface area contributed by atoms with Crippen molar-refractivity contribution in [3.63, 3.8) is 0 Å². The number of aryl methyl sites for hydroxylation is 1. The number of nitrogens with zero attached hydrogens (tertiary/aromatic N) is 2. The number of carbonyl (C=O) groups is 3. The van der Waals surface area contributed by atoms with Crippen LogP contribution in [0.15, 0.2) is 35.7 Å². The Bertz CT molecular complexity index is 1040. The average molecular weight is 555 g/mol. The second-order valence-corrected chi connectivity index (χ2v) is 10.6. The lowest BCUT2D eigenvalue weighted by molar-refractivity contribution is -0.122. The SMILES string of the molecule is CCC(N)=O.CNC[C@@H](NC(=O)CCC(C)=Nc1ccc(C(C)C)cc1C)C1CCCCC1.O=Cc1cnc[nH]1. The number of nitrogens with two attached hydrogens (primary N) is 1. The van der Waals surface area contributed by atoms with Gasteiger partial charge in [-0.15, -0.1) is 0 Å². The predicted molar refractivity (Wildman–Crippen MR) is 163 cm³/mol. The van der Waals surface area contributed by atoms with Gasteiger partial charge in [-0.1, -0.05) is 52.2 Å². The van der Waals surface area contributed by atoms with Crippen molar-refractivity contribution < 1.29 is 14.4 Å². The predicted octanol–water partition coefficient (Wildman–Crippen LogP) is 5.38. The first-order valence-electron chi connectivity index (χ1n) is 14.4. The zero-order valence-corrected chi connectivity index (χ0v) is 25.3. The third-order valence-corrected chi connectivity index (χ3v) is 6.90. The van der Waals surface area contributed by atoms with Gasteiger partial charge in [0.25, 0.3) is 0 Å². The van der Waals surface area contributed by atoms with Gasteiger partial charge in [-0.05, 0) is 69.2 Å². The molecule has 1 heterocycles. The number of benzene rings is 1. The largest absolute Gasteiger partial charge is 0.370 e. The number of aromatic amines is 1. The van der Waals surface area contributed by atoms with Gasteiger partial charge < -0.3 is 21.4 Å². The first-order valence-corrected chi connectivity index (χ1v) is 14.4. The van der Waals surface area contributed by atoms with E-state index in [4.69, 9.17) is 4.99 Å². The fourth-order valence-electron chi connectivity index (χ4n) is 4.42. The van der Waals surface area contributed by atoms with Crippen LogP contribution in [0.2, 0.25) is 0 Å². The minimum Gasteiger partial charge on any atom is -0.370 e. The molecule has 1 aliphatic carbocycles. The van der Waals surface area contributed by atoms with Crippen LogP contribution in [0.4, 0.5) is 5.69 Å². The highest BCUT2D eigenvalue weighted by atomic mass is 16.2. The highest BCUT2D eigenvalue weighted by Crippen LogP contribution is 2.27. The van der Waals surface area contributed by atoms with E-state index in [1.54, 1.807) is 6.92 Å². The zero-order valence-electron chi connectivity index (χ0n) is 25.3. The van der Waals surface area contributed by atoms with Crippen molar-refractivity contribution in [1.29, 1.82) is 0 Å². The first kappa shape index (κ1) is 34.7. The minimum absolute atomic E-state index is 0.146. The molecule has 3 rings (SSSR count). The summed E-state index contributed by atoms with van der Waals surface area (Å²) in [6.07, 6.45) is 11.7. The van der Waals surface area contributed by atoms with Gasteiger partial charge in [0.1, 0.15) is 0 Å². The summed E-state index contributed by atoms with van der Waals surface area (Å²) in [5.74, 6) is 1.04. The molecule has 2 amide bonds. The van der Waals surface area contributed by atoms with Crippen molar-refractivity contribution >= 4 is 29.5 Å². The number of nitrogens with one attached hydrogen (secondary N) is 3. The van der Waals surface area contributed by atoms with Crippen LogP contribution in [0.5, 0.6) is 0 Å². The van der Waals surface area contributed by atoms with Crippen molar-refractivity contribution in [2.24, 2.45) is 16.6 Å². The Balaban J connectivity index is 0.000000549. The fraction of sp³-hybridized carbons (Fsp3) is 0.581. The third kappa shape index (κ3) is 14.2. The number of carbonyl (C=O) groups excluding carboxylic acids is 3. The molecule has 40 heavy (non-hydrogen) atoms. The van der Waals surface area contributed by atoms with Crippen molar-refractivity contribution in [1.82, 2.24) is 20.6 Å². The van der Waals surface area contributed by atoms with E-state index in [1.807, 2.05) is 14.0 Å². The van der Waals surface area contributed by atoms with E-state index in [2.05, 4.69) is 65.3 Å². The molecule has 0 aliphatic heterocycles. The van der Waals surface area contributed by atoms with E-state index in [9.17, 15) is 14.4 Å². The molecule has 0 saturated heterocycles. The van der Waals surface area contributed by atoms with Crippen LogP contribution in [0.1, 0.15) is 107 Å². The Hall–Kier alpha value is -3.33. The van der Waals surface area contributed by atoms with Crippen molar-refractivity contribution in [2.75, 3.05) is 13.6 Å². The average Bonchev–Trinajstić information content (AvgIpc) is 3.48. The number of imidazole rings is 1. The summed E-state index contributed by atoms with van der Waals surface area (Å²) in [6, 6.07) is 6.72. The molecule has 1 saturated carbocycles. The number of hydrogen-bond donors (Lipinski definition) is 4. The van der Waals surface area contributed by atoms with Gasteiger partial charge in [0, 0.05) is 31.1 Å². The van der Waals surface area contributed by atoms with E-state index in [0.717, 1.165) is 17.9 Å². The van der Waals surface area contributed by atoms with Gasteiger partial charge in [0.2, 0.25) is 11.8 Å². The highest BCUT2D eigenvalue weighted by Gasteiger charge is 2.24. The van der Waals surface area contributed by atoms with Gasteiger partial charge >= 0.3 is 0 Å². The topological polar surface area (TPSA) is 142 Å². The number of primary amides is 1. The number of amides is 2. The molecule has 1 aromatic heterocycles. The zero-order chi connectivity index (χ0) is 29.9. The summed E-state index contributed by atoms with van der Waals surface area (Å²) in [6.45, 7) is 11.1. The van der Waals surface area contributed by atoms with E-state index in [1.165, 1.54) is 55.8 Å². The summed E-state index contributed by atoms with van der Waals surface area (Å²) in [4.78, 5) is 42.9. The van der Waals surface area contributed by atoms with Crippen LogP contribution in [-0.4, -0.2) is 53.4 Å². The van der Waals surface area contributed by atoms with Crippen molar-refractivity contribution in [3.05, 3.63) is 47.5 Å². The second kappa shape index (κ2) is 19.7. The van der Waals surface area contributed by atoms with Gasteiger partial charge in [-0.2, -0.15) is 0 Å².